The molecular formula is C15H22Cl2N3O2+. The molecule has 0 aliphatic heterocycles. The van der Waals surface area contributed by atoms with Crippen LogP contribution in [-0.2, 0) is 9.59 Å². The van der Waals surface area contributed by atoms with Gasteiger partial charge in [-0.1, -0.05) is 23.2 Å². The molecule has 2 atom stereocenters. The normalized spacial score (nSPS) is 13.3. The highest BCUT2D eigenvalue weighted by atomic mass is 35.5. The van der Waals surface area contributed by atoms with Crippen molar-refractivity contribution in [2.24, 2.45) is 0 Å². The minimum Gasteiger partial charge on any atom is -0.351 e. The van der Waals surface area contributed by atoms with Crippen LogP contribution >= 0.6 is 23.2 Å². The minimum atomic E-state index is -0.386. The molecule has 0 radical (unpaired) electrons. The molecule has 3 N–H and O–H groups in total. The van der Waals surface area contributed by atoms with Gasteiger partial charge in [0.2, 0.25) is 0 Å². The van der Waals surface area contributed by atoms with Crippen LogP contribution in [0.4, 0.5) is 5.69 Å². The smallest absolute Gasteiger partial charge is 0.282 e. The number of likely N-dealkylation sites (N-methyl/N-ethyl adjacent to an activating group) is 2. The molecule has 0 saturated heterocycles. The standard InChI is InChI=1S/C15H21Cl2N3O2/c1-4-18-14(21)9-20(5-2)10(3)15(22)19-13-8-11(16)6-7-12(13)17/h6-8,10H,4-5,9H2,1-3H3,(H,18,21)(H,19,22)/p+1/t10-/m0/s1. The Labute approximate surface area is 141 Å². The first-order valence-corrected chi connectivity index (χ1v) is 8.01. The van der Waals surface area contributed by atoms with E-state index in [-0.39, 0.29) is 24.4 Å². The summed E-state index contributed by atoms with van der Waals surface area (Å²) in [5.41, 5.74) is 0.472. The second kappa shape index (κ2) is 8.98. The highest BCUT2D eigenvalue weighted by Crippen LogP contribution is 2.25. The van der Waals surface area contributed by atoms with Gasteiger partial charge in [-0.05, 0) is 39.0 Å². The molecule has 0 aliphatic rings. The fraction of sp³-hybridized carbons (Fsp3) is 0.467. The second-order valence-electron chi connectivity index (χ2n) is 4.98. The van der Waals surface area contributed by atoms with Crippen molar-refractivity contribution >= 4 is 40.7 Å². The molecule has 0 aromatic heterocycles. The summed E-state index contributed by atoms with van der Waals surface area (Å²) >= 11 is 11.9. The fourth-order valence-corrected chi connectivity index (χ4v) is 2.41. The Balaban J connectivity index is 2.73. The van der Waals surface area contributed by atoms with Crippen LogP contribution in [0.3, 0.4) is 0 Å². The molecule has 1 aromatic rings. The van der Waals surface area contributed by atoms with Crippen molar-refractivity contribution in [1.82, 2.24) is 5.32 Å². The van der Waals surface area contributed by atoms with E-state index in [2.05, 4.69) is 10.6 Å². The van der Waals surface area contributed by atoms with E-state index >= 15 is 0 Å². The molecule has 0 bridgehead atoms. The quantitative estimate of drug-likeness (QED) is 0.698. The van der Waals surface area contributed by atoms with Crippen LogP contribution < -0.4 is 15.5 Å². The number of amides is 2. The first-order valence-electron chi connectivity index (χ1n) is 7.26. The molecule has 2 amide bonds. The number of nitrogens with one attached hydrogen (secondary N) is 3. The van der Waals surface area contributed by atoms with Crippen molar-refractivity contribution in [3.05, 3.63) is 28.2 Å². The Bertz CT molecular complexity index is 538. The summed E-state index contributed by atoms with van der Waals surface area (Å²) < 4.78 is 0. The molecule has 1 rings (SSSR count). The molecule has 0 spiro atoms. The minimum absolute atomic E-state index is 0.0696. The van der Waals surface area contributed by atoms with Gasteiger partial charge in [0.1, 0.15) is 0 Å². The Kier molecular flexibility index (Phi) is 7.65. The van der Waals surface area contributed by atoms with Gasteiger partial charge in [-0.25, -0.2) is 0 Å². The van der Waals surface area contributed by atoms with E-state index in [0.717, 1.165) is 4.90 Å². The summed E-state index contributed by atoms with van der Waals surface area (Å²) in [6.07, 6.45) is 0. The monoisotopic (exact) mass is 346 g/mol. The lowest BCUT2D eigenvalue weighted by molar-refractivity contribution is -0.904. The van der Waals surface area contributed by atoms with Crippen LogP contribution in [0.15, 0.2) is 18.2 Å². The Morgan fingerprint density at radius 1 is 1.27 bits per heavy atom. The van der Waals surface area contributed by atoms with Crippen LogP contribution in [-0.4, -0.2) is 37.5 Å². The van der Waals surface area contributed by atoms with E-state index in [4.69, 9.17) is 23.2 Å². The molecular weight excluding hydrogens is 325 g/mol. The highest BCUT2D eigenvalue weighted by molar-refractivity contribution is 6.35. The summed E-state index contributed by atoms with van der Waals surface area (Å²) in [7, 11) is 0. The second-order valence-corrected chi connectivity index (χ2v) is 5.82. The summed E-state index contributed by atoms with van der Waals surface area (Å²) in [6, 6.07) is 4.50. The lowest BCUT2D eigenvalue weighted by atomic mass is 10.2. The molecule has 0 aliphatic carbocycles. The van der Waals surface area contributed by atoms with Gasteiger partial charge in [0.25, 0.3) is 11.8 Å². The maximum Gasteiger partial charge on any atom is 0.282 e. The van der Waals surface area contributed by atoms with Crippen molar-refractivity contribution in [2.75, 3.05) is 25.0 Å². The summed E-state index contributed by atoms with van der Waals surface area (Å²) in [6.45, 7) is 7.07. The predicted molar refractivity (Wildman–Crippen MR) is 89.6 cm³/mol. The van der Waals surface area contributed by atoms with E-state index in [9.17, 15) is 9.59 Å². The number of quaternary nitrogens is 1. The third-order valence-corrected chi connectivity index (χ3v) is 3.97. The number of carbonyl (C=O) groups excluding carboxylic acids is 2. The van der Waals surface area contributed by atoms with Gasteiger partial charge in [0, 0.05) is 11.6 Å². The van der Waals surface area contributed by atoms with Gasteiger partial charge in [-0.2, -0.15) is 0 Å². The predicted octanol–water partition coefficient (Wildman–Crippen LogP) is 1.36. The zero-order valence-electron chi connectivity index (χ0n) is 13.0. The SMILES string of the molecule is CCNC(=O)C[NH+](CC)[C@@H](C)C(=O)Nc1cc(Cl)ccc1Cl. The molecule has 5 nitrogen and oxygen atoms in total. The number of benzene rings is 1. The maximum atomic E-state index is 12.4. The molecule has 0 heterocycles. The van der Waals surface area contributed by atoms with E-state index in [1.807, 2.05) is 13.8 Å². The molecule has 122 valence electrons. The van der Waals surface area contributed by atoms with Crippen molar-refractivity contribution in [2.45, 2.75) is 26.8 Å². The van der Waals surface area contributed by atoms with Gasteiger partial charge >= 0.3 is 0 Å². The first-order chi connectivity index (χ1) is 10.4. The van der Waals surface area contributed by atoms with Crippen molar-refractivity contribution in [3.63, 3.8) is 0 Å². The fourth-order valence-electron chi connectivity index (χ4n) is 2.07. The number of halogens is 2. The van der Waals surface area contributed by atoms with Crippen molar-refractivity contribution < 1.29 is 14.5 Å². The van der Waals surface area contributed by atoms with Crippen LogP contribution in [0.5, 0.6) is 0 Å². The maximum absolute atomic E-state index is 12.4. The number of rotatable bonds is 7. The van der Waals surface area contributed by atoms with E-state index < -0.39 is 0 Å². The van der Waals surface area contributed by atoms with Gasteiger partial charge in [-0.15, -0.1) is 0 Å². The van der Waals surface area contributed by atoms with E-state index in [1.165, 1.54) is 0 Å². The molecule has 1 unspecified atom stereocenters. The lowest BCUT2D eigenvalue weighted by Crippen LogP contribution is -3.17. The van der Waals surface area contributed by atoms with Gasteiger partial charge in [-0.3, -0.25) is 9.59 Å². The van der Waals surface area contributed by atoms with Gasteiger partial charge in [0.15, 0.2) is 12.6 Å². The van der Waals surface area contributed by atoms with Crippen LogP contribution in [0.25, 0.3) is 0 Å². The first kappa shape index (κ1) is 18.7. The molecule has 0 saturated carbocycles. The Morgan fingerprint density at radius 2 is 1.95 bits per heavy atom. The molecule has 7 heteroatoms. The molecule has 0 fully saturated rings. The third kappa shape index (κ3) is 5.48. The van der Waals surface area contributed by atoms with Crippen molar-refractivity contribution in [1.29, 1.82) is 0 Å². The van der Waals surface area contributed by atoms with Crippen LogP contribution in [0.2, 0.25) is 10.0 Å². The van der Waals surface area contributed by atoms with E-state index in [1.54, 1.807) is 25.1 Å². The largest absolute Gasteiger partial charge is 0.351 e. The summed E-state index contributed by atoms with van der Waals surface area (Å²) in [5, 5.41) is 6.42. The third-order valence-electron chi connectivity index (χ3n) is 3.41. The summed E-state index contributed by atoms with van der Waals surface area (Å²) in [4.78, 5) is 24.9. The summed E-state index contributed by atoms with van der Waals surface area (Å²) in [5.74, 6) is -0.273. The zero-order valence-corrected chi connectivity index (χ0v) is 14.5. The van der Waals surface area contributed by atoms with Crippen molar-refractivity contribution in [3.8, 4) is 0 Å². The van der Waals surface area contributed by atoms with Gasteiger partial charge in [0.05, 0.1) is 17.3 Å². The Morgan fingerprint density at radius 3 is 2.55 bits per heavy atom. The average Bonchev–Trinajstić information content (AvgIpc) is 2.48. The number of anilines is 1. The average molecular weight is 347 g/mol. The zero-order chi connectivity index (χ0) is 16.7. The van der Waals surface area contributed by atoms with Crippen LogP contribution in [0.1, 0.15) is 20.8 Å². The number of carbonyl (C=O) groups is 2. The molecule has 22 heavy (non-hydrogen) atoms. The number of hydrogen-bond acceptors (Lipinski definition) is 2. The highest BCUT2D eigenvalue weighted by Gasteiger charge is 2.26. The lowest BCUT2D eigenvalue weighted by Gasteiger charge is -2.23. The Hall–Kier alpha value is -1.30. The molecule has 1 aromatic carbocycles. The van der Waals surface area contributed by atoms with Crippen LogP contribution in [0, 0.1) is 0 Å². The van der Waals surface area contributed by atoms with E-state index in [0.29, 0.717) is 28.8 Å². The number of hydrogen-bond donors (Lipinski definition) is 3. The van der Waals surface area contributed by atoms with Gasteiger partial charge < -0.3 is 15.5 Å². The topological polar surface area (TPSA) is 62.6 Å².